The normalized spacial score (nSPS) is 16.0. The predicted molar refractivity (Wildman–Crippen MR) is 99.8 cm³/mol. The van der Waals surface area contributed by atoms with Crippen LogP contribution in [0.4, 0.5) is 5.69 Å². The number of aryl methyl sites for hydroxylation is 1. The lowest BCUT2D eigenvalue weighted by molar-refractivity contribution is 0.101. The van der Waals surface area contributed by atoms with Gasteiger partial charge in [-0.05, 0) is 38.0 Å². The molecule has 2 aromatic rings. The monoisotopic (exact) mass is 387 g/mol. The Morgan fingerprint density at radius 3 is 2.59 bits per heavy atom. The van der Waals surface area contributed by atoms with Gasteiger partial charge in [0.1, 0.15) is 11.0 Å². The Hall–Kier alpha value is -2.70. The Morgan fingerprint density at radius 1 is 1.33 bits per heavy atom. The molecule has 1 fully saturated rings. The first-order chi connectivity index (χ1) is 12.8. The molecule has 9 heteroatoms. The molecule has 0 spiro atoms. The van der Waals surface area contributed by atoms with Crippen molar-refractivity contribution in [2.75, 3.05) is 18.4 Å². The zero-order valence-electron chi connectivity index (χ0n) is 15.2. The largest absolute Gasteiger partial charge is 0.381 e. The number of hydrogen-bond acceptors (Lipinski definition) is 6. The van der Waals surface area contributed by atoms with Crippen molar-refractivity contribution < 1.29 is 13.2 Å². The average Bonchev–Trinajstić information content (AvgIpc) is 3.09. The molecule has 142 valence electrons. The number of carbonyl (C=O) groups is 1. The molecule has 0 amide bonds. The van der Waals surface area contributed by atoms with Crippen LogP contribution in [0.3, 0.4) is 0 Å². The molecule has 27 heavy (non-hydrogen) atoms. The van der Waals surface area contributed by atoms with Crippen LogP contribution in [0, 0.1) is 11.3 Å². The van der Waals surface area contributed by atoms with Crippen molar-refractivity contribution in [3.8, 4) is 6.07 Å². The minimum Gasteiger partial charge on any atom is -0.381 e. The van der Waals surface area contributed by atoms with E-state index < -0.39 is 10.0 Å². The number of anilines is 1. The van der Waals surface area contributed by atoms with Gasteiger partial charge >= 0.3 is 0 Å². The van der Waals surface area contributed by atoms with Crippen LogP contribution in [-0.4, -0.2) is 47.4 Å². The van der Waals surface area contributed by atoms with Gasteiger partial charge in [-0.3, -0.25) is 9.48 Å². The lowest BCUT2D eigenvalue weighted by Crippen LogP contribution is -2.42. The summed E-state index contributed by atoms with van der Waals surface area (Å²) in [6, 6.07) is 7.09. The number of benzene rings is 1. The van der Waals surface area contributed by atoms with E-state index >= 15 is 0 Å². The van der Waals surface area contributed by atoms with E-state index in [1.807, 2.05) is 0 Å². The van der Waals surface area contributed by atoms with Crippen LogP contribution in [0.5, 0.6) is 0 Å². The molecule has 0 atom stereocenters. The number of sulfonamides is 1. The van der Waals surface area contributed by atoms with E-state index in [4.69, 9.17) is 0 Å². The zero-order chi connectivity index (χ0) is 19.6. The fourth-order valence-corrected chi connectivity index (χ4v) is 4.58. The average molecular weight is 387 g/mol. The van der Waals surface area contributed by atoms with Gasteiger partial charge in [0.15, 0.2) is 5.78 Å². The van der Waals surface area contributed by atoms with E-state index in [-0.39, 0.29) is 16.7 Å². The van der Waals surface area contributed by atoms with Crippen molar-refractivity contribution in [2.45, 2.75) is 30.7 Å². The van der Waals surface area contributed by atoms with Gasteiger partial charge in [0, 0.05) is 37.9 Å². The minimum absolute atomic E-state index is 0.0275. The van der Waals surface area contributed by atoms with Gasteiger partial charge in [-0.2, -0.15) is 14.7 Å². The Labute approximate surface area is 158 Å². The highest BCUT2D eigenvalue weighted by atomic mass is 32.2. The quantitative estimate of drug-likeness (QED) is 0.783. The van der Waals surface area contributed by atoms with Crippen molar-refractivity contribution in [2.24, 2.45) is 7.05 Å². The summed E-state index contributed by atoms with van der Waals surface area (Å²) in [5.41, 5.74) is 1.61. The second kappa shape index (κ2) is 7.50. The molecule has 1 N–H and O–H groups in total. The number of ketones is 1. The van der Waals surface area contributed by atoms with E-state index in [2.05, 4.69) is 16.5 Å². The molecule has 0 unspecified atom stereocenters. The molecular formula is C18H21N5O3S. The Kier molecular flexibility index (Phi) is 5.30. The lowest BCUT2D eigenvalue weighted by atomic mass is 10.0. The first kappa shape index (κ1) is 19.1. The van der Waals surface area contributed by atoms with Crippen molar-refractivity contribution in [1.82, 2.24) is 14.1 Å². The summed E-state index contributed by atoms with van der Waals surface area (Å²) in [4.78, 5) is 11.8. The van der Waals surface area contributed by atoms with Crippen LogP contribution in [0.2, 0.25) is 0 Å². The Morgan fingerprint density at radius 2 is 2.04 bits per heavy atom. The fourth-order valence-electron chi connectivity index (χ4n) is 3.12. The van der Waals surface area contributed by atoms with Crippen molar-refractivity contribution >= 4 is 21.5 Å². The fraction of sp³-hybridized carbons (Fsp3) is 0.389. The van der Waals surface area contributed by atoms with E-state index in [1.165, 1.54) is 28.3 Å². The van der Waals surface area contributed by atoms with E-state index in [0.29, 0.717) is 42.7 Å². The third kappa shape index (κ3) is 4.02. The van der Waals surface area contributed by atoms with Crippen LogP contribution in [0.15, 0.2) is 35.5 Å². The highest BCUT2D eigenvalue weighted by molar-refractivity contribution is 7.89. The summed E-state index contributed by atoms with van der Waals surface area (Å²) in [7, 11) is -1.87. The Bertz CT molecular complexity index is 998. The van der Waals surface area contributed by atoms with E-state index in [1.54, 1.807) is 25.2 Å². The SMILES string of the molecule is CC(=O)c1ccc(C#N)c(NC2CCN(S(=O)(=O)c3cnn(C)c3)CC2)c1. The van der Waals surface area contributed by atoms with Gasteiger partial charge < -0.3 is 5.32 Å². The maximum atomic E-state index is 12.7. The second-order valence-corrected chi connectivity index (χ2v) is 8.54. The first-order valence-electron chi connectivity index (χ1n) is 8.61. The molecule has 0 bridgehead atoms. The summed E-state index contributed by atoms with van der Waals surface area (Å²) in [6.45, 7) is 2.24. The van der Waals surface area contributed by atoms with Gasteiger partial charge in [-0.15, -0.1) is 0 Å². The van der Waals surface area contributed by atoms with Gasteiger partial charge in [-0.1, -0.05) is 0 Å². The number of nitrogens with zero attached hydrogens (tertiary/aromatic N) is 4. The third-order valence-electron chi connectivity index (χ3n) is 4.68. The highest BCUT2D eigenvalue weighted by Gasteiger charge is 2.30. The molecule has 1 aliphatic heterocycles. The molecule has 1 saturated heterocycles. The molecule has 0 radical (unpaired) electrons. The smallest absolute Gasteiger partial charge is 0.246 e. The van der Waals surface area contributed by atoms with Crippen LogP contribution in [0.25, 0.3) is 0 Å². The van der Waals surface area contributed by atoms with Crippen molar-refractivity contribution in [1.29, 1.82) is 5.26 Å². The van der Waals surface area contributed by atoms with Gasteiger partial charge in [-0.25, -0.2) is 8.42 Å². The molecule has 3 rings (SSSR count). The molecule has 0 saturated carbocycles. The summed E-state index contributed by atoms with van der Waals surface area (Å²) in [6.07, 6.45) is 4.06. The number of nitrogens with one attached hydrogen (secondary N) is 1. The zero-order valence-corrected chi connectivity index (χ0v) is 16.0. The maximum absolute atomic E-state index is 12.7. The number of piperidine rings is 1. The number of nitriles is 1. The predicted octanol–water partition coefficient (Wildman–Crippen LogP) is 1.76. The molecule has 2 heterocycles. The van der Waals surface area contributed by atoms with E-state index in [0.717, 1.165) is 0 Å². The minimum atomic E-state index is -3.54. The summed E-state index contributed by atoms with van der Waals surface area (Å²) in [5, 5.41) is 16.5. The van der Waals surface area contributed by atoms with Gasteiger partial charge in [0.25, 0.3) is 0 Å². The van der Waals surface area contributed by atoms with E-state index in [9.17, 15) is 18.5 Å². The van der Waals surface area contributed by atoms with Crippen LogP contribution < -0.4 is 5.32 Å². The number of carbonyl (C=O) groups excluding carboxylic acids is 1. The highest BCUT2D eigenvalue weighted by Crippen LogP contribution is 2.24. The van der Waals surface area contributed by atoms with Crippen LogP contribution in [0.1, 0.15) is 35.7 Å². The molecule has 1 aliphatic rings. The molecule has 1 aromatic heterocycles. The lowest BCUT2D eigenvalue weighted by Gasteiger charge is -2.32. The van der Waals surface area contributed by atoms with Crippen molar-refractivity contribution in [3.05, 3.63) is 41.7 Å². The molecular weight excluding hydrogens is 366 g/mol. The Balaban J connectivity index is 1.69. The van der Waals surface area contributed by atoms with Gasteiger partial charge in [0.2, 0.25) is 10.0 Å². The first-order valence-corrected chi connectivity index (χ1v) is 10.1. The summed E-state index contributed by atoms with van der Waals surface area (Å²) < 4.78 is 28.2. The van der Waals surface area contributed by atoms with Gasteiger partial charge in [0.05, 0.1) is 17.4 Å². The third-order valence-corrected chi connectivity index (χ3v) is 6.53. The molecule has 1 aromatic carbocycles. The second-order valence-electron chi connectivity index (χ2n) is 6.60. The maximum Gasteiger partial charge on any atom is 0.246 e. The number of hydrogen-bond donors (Lipinski definition) is 1. The van der Waals surface area contributed by atoms with Crippen molar-refractivity contribution in [3.63, 3.8) is 0 Å². The number of rotatable bonds is 5. The summed E-state index contributed by atoms with van der Waals surface area (Å²) in [5.74, 6) is -0.0695. The number of aromatic nitrogens is 2. The van der Waals surface area contributed by atoms with Crippen LogP contribution in [-0.2, 0) is 17.1 Å². The summed E-state index contributed by atoms with van der Waals surface area (Å²) >= 11 is 0. The standard InChI is InChI=1S/C18H21N5O3S/c1-13(24)14-3-4-15(10-19)18(9-14)21-16-5-7-23(8-6-16)27(25,26)17-11-20-22(2)12-17/h3-4,9,11-12,16,21H,5-8H2,1-2H3. The van der Waals surface area contributed by atoms with Crippen LogP contribution >= 0.6 is 0 Å². The molecule has 0 aliphatic carbocycles. The number of Topliss-reactive ketones (excluding diaryl/α,β-unsaturated/α-hetero) is 1. The topological polar surface area (TPSA) is 108 Å². The molecule has 8 nitrogen and oxygen atoms in total.